The smallest absolute Gasteiger partial charge is 0.238 e. The summed E-state index contributed by atoms with van der Waals surface area (Å²) in [5, 5.41) is 3.04. The Labute approximate surface area is 166 Å². The second-order valence-corrected chi connectivity index (χ2v) is 8.48. The Morgan fingerprint density at radius 2 is 1.68 bits per heavy atom. The van der Waals surface area contributed by atoms with Crippen LogP contribution in [0.1, 0.15) is 29.5 Å². The van der Waals surface area contributed by atoms with Crippen LogP contribution in [-0.2, 0) is 11.3 Å². The highest BCUT2D eigenvalue weighted by atomic mass is 79.9. The molecule has 1 aliphatic rings. The molecule has 132 valence electrons. The minimum absolute atomic E-state index is 0.0178. The van der Waals surface area contributed by atoms with Gasteiger partial charge in [-0.05, 0) is 81.8 Å². The van der Waals surface area contributed by atoms with Crippen LogP contribution in [0.5, 0.6) is 0 Å². The molecular formula is C20H22Br2N2O. The Morgan fingerprint density at radius 3 is 2.24 bits per heavy atom. The van der Waals surface area contributed by atoms with Crippen LogP contribution in [0.25, 0.3) is 0 Å². The summed E-state index contributed by atoms with van der Waals surface area (Å²) in [6.45, 7) is 5.34. The minimum Gasteiger partial charge on any atom is -0.323 e. The molecule has 0 aromatic heterocycles. The molecule has 2 aromatic carbocycles. The highest BCUT2D eigenvalue weighted by molar-refractivity contribution is 9.11. The summed E-state index contributed by atoms with van der Waals surface area (Å²) in [5.41, 5.74) is 4.44. The summed E-state index contributed by atoms with van der Waals surface area (Å²) in [4.78, 5) is 14.9. The highest BCUT2D eigenvalue weighted by Crippen LogP contribution is 2.33. The third kappa shape index (κ3) is 5.16. The van der Waals surface area contributed by atoms with Crippen molar-refractivity contribution in [1.82, 2.24) is 4.90 Å². The van der Waals surface area contributed by atoms with Gasteiger partial charge < -0.3 is 5.32 Å². The van der Waals surface area contributed by atoms with Gasteiger partial charge in [0.2, 0.25) is 5.91 Å². The van der Waals surface area contributed by atoms with Crippen LogP contribution in [-0.4, -0.2) is 23.4 Å². The first-order valence-corrected chi connectivity index (χ1v) is 10.1. The van der Waals surface area contributed by atoms with E-state index >= 15 is 0 Å². The Kier molecular flexibility index (Phi) is 5.97. The van der Waals surface area contributed by atoms with Gasteiger partial charge in [0.25, 0.3) is 0 Å². The number of hydrogen-bond acceptors (Lipinski definition) is 2. The maximum Gasteiger partial charge on any atom is 0.238 e. The molecule has 0 aliphatic heterocycles. The largest absolute Gasteiger partial charge is 0.323 e. The quantitative estimate of drug-likeness (QED) is 0.616. The molecule has 1 N–H and O–H groups in total. The number of carbonyl (C=O) groups excluding carboxylic acids is 1. The number of carbonyl (C=O) groups is 1. The number of amides is 1. The Bertz CT molecular complexity index is 747. The number of hydrogen-bond donors (Lipinski definition) is 1. The monoisotopic (exact) mass is 464 g/mol. The summed E-state index contributed by atoms with van der Waals surface area (Å²) >= 11 is 7.07. The van der Waals surface area contributed by atoms with Gasteiger partial charge in [0.1, 0.15) is 0 Å². The minimum atomic E-state index is 0.0178. The van der Waals surface area contributed by atoms with Crippen LogP contribution in [0.15, 0.2) is 45.3 Å². The summed E-state index contributed by atoms with van der Waals surface area (Å²) < 4.78 is 1.79. The number of anilines is 1. The lowest BCUT2D eigenvalue weighted by Crippen LogP contribution is -2.34. The molecule has 3 nitrogen and oxygen atoms in total. The first-order chi connectivity index (χ1) is 11.9. The first-order valence-electron chi connectivity index (χ1n) is 8.47. The van der Waals surface area contributed by atoms with Crippen LogP contribution >= 0.6 is 31.9 Å². The van der Waals surface area contributed by atoms with Crippen molar-refractivity contribution >= 4 is 43.5 Å². The van der Waals surface area contributed by atoms with Gasteiger partial charge in [0.15, 0.2) is 0 Å². The van der Waals surface area contributed by atoms with Crippen LogP contribution < -0.4 is 5.32 Å². The van der Waals surface area contributed by atoms with Gasteiger partial charge in [-0.25, -0.2) is 0 Å². The predicted molar refractivity (Wildman–Crippen MR) is 110 cm³/mol. The molecule has 25 heavy (non-hydrogen) atoms. The molecule has 2 aromatic rings. The summed E-state index contributed by atoms with van der Waals surface area (Å²) in [6, 6.07) is 13.1. The van der Waals surface area contributed by atoms with Gasteiger partial charge in [-0.3, -0.25) is 9.69 Å². The highest BCUT2D eigenvalue weighted by Gasteiger charge is 2.30. The molecule has 1 amide bonds. The molecular weight excluding hydrogens is 444 g/mol. The van der Waals surface area contributed by atoms with E-state index in [1.165, 1.54) is 24.0 Å². The second kappa shape index (κ2) is 8.02. The number of nitrogens with one attached hydrogen (secondary N) is 1. The number of aryl methyl sites for hydroxylation is 2. The lowest BCUT2D eigenvalue weighted by Gasteiger charge is -2.22. The van der Waals surface area contributed by atoms with E-state index < -0.39 is 0 Å². The SMILES string of the molecule is Cc1ccc(CN(CC(=O)Nc2c(Br)cc(C)cc2Br)C2CC2)cc1. The standard InChI is InChI=1S/C20H22Br2N2O/c1-13-3-5-15(6-4-13)11-24(16-7-8-16)12-19(25)23-20-17(21)9-14(2)10-18(20)22/h3-6,9-10,16H,7-8,11-12H2,1-2H3,(H,23,25). The summed E-state index contributed by atoms with van der Waals surface area (Å²) in [5.74, 6) is 0.0178. The number of halogens is 2. The third-order valence-corrected chi connectivity index (χ3v) is 5.62. The molecule has 1 saturated carbocycles. The van der Waals surface area contributed by atoms with E-state index in [9.17, 15) is 4.79 Å². The van der Waals surface area contributed by atoms with Crippen molar-refractivity contribution in [3.63, 3.8) is 0 Å². The lowest BCUT2D eigenvalue weighted by molar-refractivity contribution is -0.117. The van der Waals surface area contributed by atoms with E-state index in [1.54, 1.807) is 0 Å². The molecule has 5 heteroatoms. The van der Waals surface area contributed by atoms with Crippen molar-refractivity contribution in [2.45, 2.75) is 39.3 Å². The Balaban J connectivity index is 1.66. The van der Waals surface area contributed by atoms with E-state index in [-0.39, 0.29) is 5.91 Å². The van der Waals surface area contributed by atoms with Crippen molar-refractivity contribution in [3.05, 3.63) is 62.0 Å². The van der Waals surface area contributed by atoms with Gasteiger partial charge in [0.05, 0.1) is 12.2 Å². The molecule has 3 rings (SSSR count). The van der Waals surface area contributed by atoms with Crippen molar-refractivity contribution < 1.29 is 4.79 Å². The average Bonchev–Trinajstić information content (AvgIpc) is 3.37. The van der Waals surface area contributed by atoms with Crippen molar-refractivity contribution in [3.8, 4) is 0 Å². The number of benzene rings is 2. The first kappa shape index (κ1) is 18.6. The van der Waals surface area contributed by atoms with E-state index in [0.717, 1.165) is 26.7 Å². The Hall–Kier alpha value is -1.17. The van der Waals surface area contributed by atoms with E-state index in [4.69, 9.17) is 0 Å². The van der Waals surface area contributed by atoms with Crippen LogP contribution in [0.2, 0.25) is 0 Å². The van der Waals surface area contributed by atoms with Crippen LogP contribution in [0.3, 0.4) is 0 Å². The molecule has 0 radical (unpaired) electrons. The zero-order valence-electron chi connectivity index (χ0n) is 14.5. The molecule has 0 atom stereocenters. The summed E-state index contributed by atoms with van der Waals surface area (Å²) in [6.07, 6.45) is 2.36. The zero-order chi connectivity index (χ0) is 18.0. The van der Waals surface area contributed by atoms with Crippen LogP contribution in [0.4, 0.5) is 5.69 Å². The van der Waals surface area contributed by atoms with Crippen LogP contribution in [0, 0.1) is 13.8 Å². The number of rotatable bonds is 6. The fourth-order valence-corrected chi connectivity index (χ4v) is 4.48. The molecule has 0 unspecified atom stereocenters. The molecule has 0 bridgehead atoms. The van der Waals surface area contributed by atoms with Gasteiger partial charge in [-0.2, -0.15) is 0 Å². The Morgan fingerprint density at radius 1 is 1.08 bits per heavy atom. The molecule has 0 saturated heterocycles. The zero-order valence-corrected chi connectivity index (χ0v) is 17.7. The van der Waals surface area contributed by atoms with Gasteiger partial charge in [-0.1, -0.05) is 29.8 Å². The third-order valence-electron chi connectivity index (χ3n) is 4.37. The molecule has 0 spiro atoms. The van der Waals surface area contributed by atoms with Gasteiger partial charge in [-0.15, -0.1) is 0 Å². The normalized spacial score (nSPS) is 14.0. The maximum absolute atomic E-state index is 12.6. The second-order valence-electron chi connectivity index (χ2n) is 6.77. The predicted octanol–water partition coefficient (Wildman–Crippen LogP) is 5.43. The average molecular weight is 466 g/mol. The van der Waals surface area contributed by atoms with E-state index in [1.807, 2.05) is 19.1 Å². The van der Waals surface area contributed by atoms with Gasteiger partial charge in [0, 0.05) is 21.5 Å². The molecule has 1 aliphatic carbocycles. The fourth-order valence-electron chi connectivity index (χ4n) is 2.86. The van der Waals surface area contributed by atoms with E-state index in [2.05, 4.69) is 73.3 Å². The summed E-state index contributed by atoms with van der Waals surface area (Å²) in [7, 11) is 0. The lowest BCUT2D eigenvalue weighted by atomic mass is 10.1. The van der Waals surface area contributed by atoms with Crippen molar-refractivity contribution in [1.29, 1.82) is 0 Å². The molecule has 1 fully saturated rings. The molecule has 0 heterocycles. The van der Waals surface area contributed by atoms with Crippen molar-refractivity contribution in [2.24, 2.45) is 0 Å². The van der Waals surface area contributed by atoms with E-state index in [0.29, 0.717) is 12.6 Å². The maximum atomic E-state index is 12.6. The van der Waals surface area contributed by atoms with Crippen molar-refractivity contribution in [2.75, 3.05) is 11.9 Å². The fraction of sp³-hybridized carbons (Fsp3) is 0.350. The number of nitrogens with zero attached hydrogens (tertiary/aromatic N) is 1. The van der Waals surface area contributed by atoms with Gasteiger partial charge >= 0.3 is 0 Å². The topological polar surface area (TPSA) is 32.3 Å².